The van der Waals surface area contributed by atoms with Crippen LogP contribution in [0.5, 0.6) is 0 Å². The van der Waals surface area contributed by atoms with Crippen molar-refractivity contribution in [3.05, 3.63) is 70.0 Å². The Labute approximate surface area is 117 Å². The van der Waals surface area contributed by atoms with Gasteiger partial charge in [-0.25, -0.2) is 4.39 Å². The number of ketones is 1. The third-order valence-corrected chi connectivity index (χ3v) is 3.83. The minimum Gasteiger partial charge on any atom is -0.312 e. The van der Waals surface area contributed by atoms with Crippen molar-refractivity contribution >= 4 is 5.78 Å². The van der Waals surface area contributed by atoms with Crippen molar-refractivity contribution in [1.29, 1.82) is 0 Å². The fourth-order valence-corrected chi connectivity index (χ4v) is 2.73. The minimum atomic E-state index is -0.370. The summed E-state index contributed by atoms with van der Waals surface area (Å²) < 4.78 is 13.4. The summed E-state index contributed by atoms with van der Waals surface area (Å²) in [6, 6.07) is 10.1. The minimum absolute atomic E-state index is 0.0826. The molecule has 0 fully saturated rings. The number of aryl methyl sites for hydroxylation is 1. The molecule has 2 aromatic rings. The van der Waals surface area contributed by atoms with E-state index in [2.05, 4.69) is 5.32 Å². The van der Waals surface area contributed by atoms with E-state index in [1.165, 1.54) is 12.1 Å². The number of fused-ring (bicyclic) bond motifs is 1. The maximum absolute atomic E-state index is 13.4. The van der Waals surface area contributed by atoms with Gasteiger partial charge in [0.2, 0.25) is 0 Å². The highest BCUT2D eigenvalue weighted by Gasteiger charge is 2.19. The summed E-state index contributed by atoms with van der Waals surface area (Å²) in [6.45, 7) is 3.50. The van der Waals surface area contributed by atoms with Crippen LogP contribution in [-0.4, -0.2) is 12.3 Å². The first-order chi connectivity index (χ1) is 9.66. The van der Waals surface area contributed by atoms with Gasteiger partial charge in [-0.2, -0.15) is 0 Å². The maximum Gasteiger partial charge on any atom is 0.193 e. The first-order valence-electron chi connectivity index (χ1n) is 6.79. The summed E-state index contributed by atoms with van der Waals surface area (Å²) in [6.07, 6.45) is 0.839. The molecule has 0 spiro atoms. The Hall–Kier alpha value is -2.00. The average Bonchev–Trinajstić information content (AvgIpc) is 2.48. The summed E-state index contributed by atoms with van der Waals surface area (Å²) in [5.41, 5.74) is 4.23. The Morgan fingerprint density at radius 1 is 1.20 bits per heavy atom. The Kier molecular flexibility index (Phi) is 3.36. The average molecular weight is 269 g/mol. The second-order valence-corrected chi connectivity index (χ2v) is 5.16. The first-order valence-corrected chi connectivity index (χ1v) is 6.79. The molecule has 0 unspecified atom stereocenters. The summed E-state index contributed by atoms with van der Waals surface area (Å²) in [5.74, 6) is -0.453. The lowest BCUT2D eigenvalue weighted by molar-refractivity contribution is 0.103. The second kappa shape index (κ2) is 5.17. The molecule has 0 bridgehead atoms. The zero-order valence-electron chi connectivity index (χ0n) is 11.4. The third-order valence-electron chi connectivity index (χ3n) is 3.83. The molecule has 1 heterocycles. The molecule has 1 N–H and O–H groups in total. The predicted octanol–water partition coefficient (Wildman–Crippen LogP) is 3.01. The molecule has 102 valence electrons. The molecule has 0 atom stereocenters. The number of carbonyl (C=O) groups is 1. The van der Waals surface area contributed by atoms with Crippen LogP contribution in [-0.2, 0) is 13.0 Å². The summed E-state index contributed by atoms with van der Waals surface area (Å²) >= 11 is 0. The lowest BCUT2D eigenvalue weighted by atomic mass is 9.90. The molecule has 0 aromatic heterocycles. The lowest BCUT2D eigenvalue weighted by Crippen LogP contribution is -2.25. The van der Waals surface area contributed by atoms with E-state index in [4.69, 9.17) is 0 Å². The van der Waals surface area contributed by atoms with Gasteiger partial charge in [-0.3, -0.25) is 4.79 Å². The van der Waals surface area contributed by atoms with Crippen LogP contribution in [0.1, 0.15) is 32.6 Å². The van der Waals surface area contributed by atoms with Gasteiger partial charge in [-0.1, -0.05) is 24.3 Å². The van der Waals surface area contributed by atoms with Gasteiger partial charge in [0.15, 0.2) is 5.78 Å². The van der Waals surface area contributed by atoms with E-state index in [0.29, 0.717) is 11.1 Å². The Bertz CT molecular complexity index is 679. The third kappa shape index (κ3) is 2.25. The van der Waals surface area contributed by atoms with E-state index >= 15 is 0 Å². The highest BCUT2D eigenvalue weighted by atomic mass is 19.1. The van der Waals surface area contributed by atoms with Crippen LogP contribution in [0.3, 0.4) is 0 Å². The Morgan fingerprint density at radius 3 is 2.90 bits per heavy atom. The molecule has 3 heteroatoms. The number of nitrogens with one attached hydrogen (secondary N) is 1. The Morgan fingerprint density at radius 2 is 2.05 bits per heavy atom. The number of hydrogen-bond acceptors (Lipinski definition) is 2. The van der Waals surface area contributed by atoms with Gasteiger partial charge in [-0.05, 0) is 48.7 Å². The fourth-order valence-electron chi connectivity index (χ4n) is 2.73. The second-order valence-electron chi connectivity index (χ2n) is 5.16. The van der Waals surface area contributed by atoms with Crippen molar-refractivity contribution in [2.45, 2.75) is 19.9 Å². The van der Waals surface area contributed by atoms with Crippen LogP contribution >= 0.6 is 0 Å². The van der Waals surface area contributed by atoms with Crippen molar-refractivity contribution < 1.29 is 9.18 Å². The van der Waals surface area contributed by atoms with Gasteiger partial charge in [-0.15, -0.1) is 0 Å². The number of halogens is 1. The number of benzene rings is 2. The van der Waals surface area contributed by atoms with Crippen LogP contribution in [0.25, 0.3) is 0 Å². The predicted molar refractivity (Wildman–Crippen MR) is 76.4 cm³/mol. The molecule has 0 saturated carbocycles. The molecule has 0 aliphatic carbocycles. The Balaban J connectivity index is 2.09. The van der Waals surface area contributed by atoms with Gasteiger partial charge >= 0.3 is 0 Å². The van der Waals surface area contributed by atoms with Gasteiger partial charge < -0.3 is 5.32 Å². The summed E-state index contributed by atoms with van der Waals surface area (Å²) in [4.78, 5) is 12.7. The van der Waals surface area contributed by atoms with Crippen LogP contribution < -0.4 is 5.32 Å². The van der Waals surface area contributed by atoms with E-state index in [0.717, 1.165) is 36.2 Å². The molecule has 0 amide bonds. The van der Waals surface area contributed by atoms with Crippen molar-refractivity contribution in [2.75, 3.05) is 6.54 Å². The molecule has 2 aromatic carbocycles. The maximum atomic E-state index is 13.4. The van der Waals surface area contributed by atoms with Gasteiger partial charge in [0, 0.05) is 17.7 Å². The van der Waals surface area contributed by atoms with Gasteiger partial charge in [0.1, 0.15) is 5.82 Å². The zero-order chi connectivity index (χ0) is 14.1. The van der Waals surface area contributed by atoms with Gasteiger partial charge in [0.25, 0.3) is 0 Å². The van der Waals surface area contributed by atoms with Gasteiger partial charge in [0.05, 0.1) is 0 Å². The standard InChI is InChI=1S/C17H16FNO/c1-11-5-6-13(18)9-16(11)17(20)15-4-2-3-12-10-19-8-7-14(12)15/h2-6,9,19H,7-8,10H2,1H3. The summed E-state index contributed by atoms with van der Waals surface area (Å²) in [5, 5.41) is 3.30. The van der Waals surface area contributed by atoms with Crippen LogP contribution in [0, 0.1) is 12.7 Å². The molecule has 1 aliphatic heterocycles. The first kappa shape index (κ1) is 13.0. The zero-order valence-corrected chi connectivity index (χ0v) is 11.4. The molecule has 2 nitrogen and oxygen atoms in total. The molecule has 1 aliphatic rings. The smallest absolute Gasteiger partial charge is 0.193 e. The van der Waals surface area contributed by atoms with Crippen molar-refractivity contribution in [3.8, 4) is 0 Å². The number of hydrogen-bond donors (Lipinski definition) is 1. The number of rotatable bonds is 2. The lowest BCUT2D eigenvalue weighted by Gasteiger charge is -2.20. The molecule has 3 rings (SSSR count). The molecule has 20 heavy (non-hydrogen) atoms. The molecule has 0 radical (unpaired) electrons. The highest BCUT2D eigenvalue weighted by Crippen LogP contribution is 2.23. The summed E-state index contributed by atoms with van der Waals surface area (Å²) in [7, 11) is 0. The van der Waals surface area contributed by atoms with Crippen molar-refractivity contribution in [2.24, 2.45) is 0 Å². The van der Waals surface area contributed by atoms with E-state index in [-0.39, 0.29) is 11.6 Å². The van der Waals surface area contributed by atoms with E-state index in [9.17, 15) is 9.18 Å². The van der Waals surface area contributed by atoms with E-state index in [1.807, 2.05) is 25.1 Å². The highest BCUT2D eigenvalue weighted by molar-refractivity contribution is 6.11. The monoisotopic (exact) mass is 269 g/mol. The quantitative estimate of drug-likeness (QED) is 0.849. The molecular formula is C17H16FNO. The molecular weight excluding hydrogens is 253 g/mol. The SMILES string of the molecule is Cc1ccc(F)cc1C(=O)c1cccc2c1CCNC2. The van der Waals surface area contributed by atoms with Crippen LogP contribution in [0.15, 0.2) is 36.4 Å². The largest absolute Gasteiger partial charge is 0.312 e. The van der Waals surface area contributed by atoms with Crippen LogP contribution in [0.4, 0.5) is 4.39 Å². The fraction of sp³-hybridized carbons (Fsp3) is 0.235. The molecule has 0 saturated heterocycles. The van der Waals surface area contributed by atoms with E-state index in [1.54, 1.807) is 6.07 Å². The topological polar surface area (TPSA) is 29.1 Å². The normalized spacial score (nSPS) is 13.9. The van der Waals surface area contributed by atoms with Crippen molar-refractivity contribution in [1.82, 2.24) is 5.32 Å². The van der Waals surface area contributed by atoms with Crippen LogP contribution in [0.2, 0.25) is 0 Å². The van der Waals surface area contributed by atoms with Crippen molar-refractivity contribution in [3.63, 3.8) is 0 Å². The van der Waals surface area contributed by atoms with E-state index < -0.39 is 0 Å². The number of carbonyl (C=O) groups excluding carboxylic acids is 1.